The Balaban J connectivity index is 1.69. The van der Waals surface area contributed by atoms with Crippen molar-refractivity contribution in [2.75, 3.05) is 6.54 Å². The number of amides is 1. The van der Waals surface area contributed by atoms with Crippen LogP contribution in [0.1, 0.15) is 17.1 Å². The van der Waals surface area contributed by atoms with Crippen molar-refractivity contribution in [3.63, 3.8) is 0 Å². The van der Waals surface area contributed by atoms with E-state index in [9.17, 15) is 4.79 Å². The van der Waals surface area contributed by atoms with E-state index in [1.807, 2.05) is 43.3 Å². The zero-order chi connectivity index (χ0) is 16.4. The number of hydrogen-bond acceptors (Lipinski definition) is 4. The van der Waals surface area contributed by atoms with Crippen LogP contribution in [0.3, 0.4) is 0 Å². The zero-order valence-corrected chi connectivity index (χ0v) is 14.8. The summed E-state index contributed by atoms with van der Waals surface area (Å²) < 4.78 is 6.07. The fraction of sp³-hybridized carbons (Fsp3) is 0.176. The number of halogens is 1. The van der Waals surface area contributed by atoms with Gasteiger partial charge in [-0.15, -0.1) is 0 Å². The second-order valence-electron chi connectivity index (χ2n) is 5.16. The molecule has 2 aromatic rings. The number of thiocarbonyl (C=S) groups is 1. The molecule has 1 fully saturated rings. The van der Waals surface area contributed by atoms with Gasteiger partial charge in [0.05, 0.1) is 4.91 Å². The van der Waals surface area contributed by atoms with E-state index in [0.717, 1.165) is 17.7 Å². The molecular weight excluding hydrogens is 350 g/mol. The highest BCUT2D eigenvalue weighted by atomic mass is 35.5. The number of hydrogen-bond donors (Lipinski definition) is 0. The van der Waals surface area contributed by atoms with E-state index < -0.39 is 0 Å². The molecule has 0 spiro atoms. The Hall–Kier alpha value is -1.56. The molecule has 0 saturated carbocycles. The molecule has 1 saturated heterocycles. The number of furan rings is 1. The lowest BCUT2D eigenvalue weighted by Crippen LogP contribution is -2.30. The molecule has 3 rings (SSSR count). The highest BCUT2D eigenvalue weighted by Crippen LogP contribution is 2.32. The van der Waals surface area contributed by atoms with Crippen molar-refractivity contribution in [2.45, 2.75) is 13.3 Å². The molecule has 0 N–H and O–H groups in total. The predicted octanol–water partition coefficient (Wildman–Crippen LogP) is 4.69. The summed E-state index contributed by atoms with van der Waals surface area (Å²) in [5.74, 6) is 1.41. The molecule has 0 atom stereocenters. The van der Waals surface area contributed by atoms with Gasteiger partial charge in [-0.3, -0.25) is 9.69 Å². The molecule has 2 heterocycles. The van der Waals surface area contributed by atoms with E-state index in [-0.39, 0.29) is 5.91 Å². The minimum absolute atomic E-state index is 0.0667. The van der Waals surface area contributed by atoms with Gasteiger partial charge >= 0.3 is 0 Å². The molecule has 6 heteroatoms. The van der Waals surface area contributed by atoms with E-state index in [1.165, 1.54) is 11.8 Å². The van der Waals surface area contributed by atoms with Crippen LogP contribution in [0.15, 0.2) is 45.7 Å². The first-order chi connectivity index (χ1) is 11.0. The smallest absolute Gasteiger partial charge is 0.266 e. The normalized spacial score (nSPS) is 16.6. The fourth-order valence-corrected chi connectivity index (χ4v) is 3.66. The molecule has 0 radical (unpaired) electrons. The van der Waals surface area contributed by atoms with E-state index in [2.05, 4.69) is 0 Å². The lowest BCUT2D eigenvalue weighted by Gasteiger charge is -2.14. The van der Waals surface area contributed by atoms with E-state index >= 15 is 0 Å². The van der Waals surface area contributed by atoms with E-state index in [1.54, 1.807) is 11.0 Å². The molecule has 1 aliphatic heterocycles. The Kier molecular flexibility index (Phi) is 4.90. The first-order valence-corrected chi connectivity index (χ1v) is 8.69. The lowest BCUT2D eigenvalue weighted by atomic mass is 10.1. The number of benzene rings is 1. The van der Waals surface area contributed by atoms with Gasteiger partial charge in [-0.1, -0.05) is 47.7 Å². The lowest BCUT2D eigenvalue weighted by molar-refractivity contribution is -0.122. The van der Waals surface area contributed by atoms with Crippen molar-refractivity contribution in [1.29, 1.82) is 0 Å². The molecule has 1 amide bonds. The SMILES string of the molecule is Cc1ccc(/C=C2/SC(=S)N(CCc3ccc(Cl)cc3)C2=O)o1. The third-order valence-corrected chi connectivity index (χ3v) is 5.08. The second-order valence-corrected chi connectivity index (χ2v) is 7.27. The molecule has 3 nitrogen and oxygen atoms in total. The molecule has 0 unspecified atom stereocenters. The quantitative estimate of drug-likeness (QED) is 0.583. The van der Waals surface area contributed by atoms with Crippen molar-refractivity contribution in [2.24, 2.45) is 0 Å². The number of aryl methyl sites for hydroxylation is 1. The highest BCUT2D eigenvalue weighted by Gasteiger charge is 2.31. The number of rotatable bonds is 4. The van der Waals surface area contributed by atoms with Crippen LogP contribution in [-0.4, -0.2) is 21.7 Å². The zero-order valence-electron chi connectivity index (χ0n) is 12.4. The summed E-state index contributed by atoms with van der Waals surface area (Å²) in [6.45, 7) is 2.43. The number of carbonyl (C=O) groups excluding carboxylic acids is 1. The summed E-state index contributed by atoms with van der Waals surface area (Å²) in [5, 5.41) is 0.705. The third-order valence-electron chi connectivity index (χ3n) is 3.45. The average molecular weight is 364 g/mol. The van der Waals surface area contributed by atoms with Crippen LogP contribution in [0.4, 0.5) is 0 Å². The van der Waals surface area contributed by atoms with Gasteiger partial charge in [0.2, 0.25) is 0 Å². The third kappa shape index (κ3) is 3.86. The Morgan fingerprint density at radius 3 is 2.65 bits per heavy atom. The van der Waals surface area contributed by atoms with Crippen LogP contribution >= 0.6 is 35.6 Å². The second kappa shape index (κ2) is 6.91. The minimum Gasteiger partial charge on any atom is -0.462 e. The summed E-state index contributed by atoms with van der Waals surface area (Å²) in [6, 6.07) is 11.3. The van der Waals surface area contributed by atoms with Crippen LogP contribution < -0.4 is 0 Å². The van der Waals surface area contributed by atoms with Crippen LogP contribution in [0.2, 0.25) is 5.02 Å². The number of thioether (sulfide) groups is 1. The van der Waals surface area contributed by atoms with Gasteiger partial charge in [0.15, 0.2) is 0 Å². The highest BCUT2D eigenvalue weighted by molar-refractivity contribution is 8.26. The molecular formula is C17H14ClNO2S2. The van der Waals surface area contributed by atoms with Crippen LogP contribution in [0.25, 0.3) is 6.08 Å². The topological polar surface area (TPSA) is 33.5 Å². The standard InChI is InChI=1S/C17H14ClNO2S2/c1-11-2-7-14(21-11)10-15-16(20)19(17(22)23-15)9-8-12-3-5-13(18)6-4-12/h2-7,10H,8-9H2,1H3/b15-10+. The first-order valence-electron chi connectivity index (χ1n) is 7.09. The maximum Gasteiger partial charge on any atom is 0.266 e. The molecule has 1 aromatic heterocycles. The predicted molar refractivity (Wildman–Crippen MR) is 98.5 cm³/mol. The summed E-state index contributed by atoms with van der Waals surface area (Å²) in [7, 11) is 0. The Bertz CT molecular complexity index is 780. The van der Waals surface area contributed by atoms with Gasteiger partial charge in [-0.2, -0.15) is 0 Å². The van der Waals surface area contributed by atoms with Crippen molar-refractivity contribution in [3.05, 3.63) is 63.4 Å². The van der Waals surface area contributed by atoms with E-state index in [4.69, 9.17) is 28.2 Å². The minimum atomic E-state index is -0.0667. The van der Waals surface area contributed by atoms with Crippen LogP contribution in [0, 0.1) is 6.92 Å². The Morgan fingerprint density at radius 1 is 1.26 bits per heavy atom. The maximum absolute atomic E-state index is 12.5. The summed E-state index contributed by atoms with van der Waals surface area (Å²) >= 11 is 12.5. The molecule has 23 heavy (non-hydrogen) atoms. The van der Waals surface area contributed by atoms with Crippen molar-refractivity contribution in [3.8, 4) is 0 Å². The molecule has 0 bridgehead atoms. The van der Waals surface area contributed by atoms with Gasteiger partial charge in [-0.25, -0.2) is 0 Å². The van der Waals surface area contributed by atoms with Crippen molar-refractivity contribution in [1.82, 2.24) is 4.90 Å². The maximum atomic E-state index is 12.5. The first kappa shape index (κ1) is 16.3. The molecule has 1 aliphatic rings. The Labute approximate surface area is 149 Å². The monoisotopic (exact) mass is 363 g/mol. The van der Waals surface area contributed by atoms with Gasteiger partial charge in [0.1, 0.15) is 15.8 Å². The molecule has 118 valence electrons. The van der Waals surface area contributed by atoms with Gasteiger partial charge in [0.25, 0.3) is 5.91 Å². The van der Waals surface area contributed by atoms with Crippen molar-refractivity contribution >= 4 is 51.9 Å². The van der Waals surface area contributed by atoms with Gasteiger partial charge < -0.3 is 4.42 Å². The van der Waals surface area contributed by atoms with E-state index in [0.29, 0.717) is 26.6 Å². The summed E-state index contributed by atoms with van der Waals surface area (Å²) in [4.78, 5) is 14.7. The Morgan fingerprint density at radius 2 is 2.00 bits per heavy atom. The van der Waals surface area contributed by atoms with Crippen LogP contribution in [0.5, 0.6) is 0 Å². The largest absolute Gasteiger partial charge is 0.462 e. The molecule has 0 aliphatic carbocycles. The molecule has 1 aromatic carbocycles. The summed E-state index contributed by atoms with van der Waals surface area (Å²) in [6.07, 6.45) is 2.48. The number of nitrogens with zero attached hydrogens (tertiary/aromatic N) is 1. The summed E-state index contributed by atoms with van der Waals surface area (Å²) in [5.41, 5.74) is 1.12. The van der Waals surface area contributed by atoms with Crippen LogP contribution in [-0.2, 0) is 11.2 Å². The fourth-order valence-electron chi connectivity index (χ4n) is 2.24. The van der Waals surface area contributed by atoms with Crippen molar-refractivity contribution < 1.29 is 9.21 Å². The van der Waals surface area contributed by atoms with Gasteiger partial charge in [-0.05, 0) is 43.2 Å². The average Bonchev–Trinajstić information content (AvgIpc) is 3.04. The number of carbonyl (C=O) groups is 1. The van der Waals surface area contributed by atoms with Gasteiger partial charge in [0, 0.05) is 17.6 Å².